The fraction of sp³-hybridized carbons (Fsp3) is 0.167. The van der Waals surface area contributed by atoms with Gasteiger partial charge in [0.25, 0.3) is 0 Å². The van der Waals surface area contributed by atoms with Crippen LogP contribution in [-0.4, -0.2) is 29.3 Å². The summed E-state index contributed by atoms with van der Waals surface area (Å²) in [5.74, 6) is 0.878. The van der Waals surface area contributed by atoms with Crippen LogP contribution in [0.4, 0.5) is 11.4 Å². The van der Waals surface area contributed by atoms with Gasteiger partial charge in [-0.3, -0.25) is 4.99 Å². The van der Waals surface area contributed by atoms with E-state index < -0.39 is 0 Å². The number of nitrogens with one attached hydrogen (secondary N) is 1. The zero-order valence-electron chi connectivity index (χ0n) is 16.3. The lowest BCUT2D eigenvalue weighted by molar-refractivity contribution is 0.866. The summed E-state index contributed by atoms with van der Waals surface area (Å²) in [6, 6.07) is 24.7. The first kappa shape index (κ1) is 18.0. The van der Waals surface area contributed by atoms with E-state index in [2.05, 4.69) is 70.1 Å². The topological polar surface area (TPSA) is 44.3 Å². The average Bonchev–Trinajstić information content (AvgIpc) is 3.18. The van der Waals surface area contributed by atoms with Crippen molar-refractivity contribution in [3.05, 3.63) is 78.4 Å². The monoisotopic (exact) mass is 368 g/mol. The van der Waals surface area contributed by atoms with Crippen LogP contribution >= 0.6 is 0 Å². The van der Waals surface area contributed by atoms with Crippen molar-refractivity contribution in [1.29, 1.82) is 0 Å². The lowest BCUT2D eigenvalue weighted by atomic mass is 10.2. The molecular formula is C24H24N4. The molecule has 0 atom stereocenters. The van der Waals surface area contributed by atoms with Crippen LogP contribution in [0.2, 0.25) is 0 Å². The quantitative estimate of drug-likeness (QED) is 0.435. The maximum Gasteiger partial charge on any atom is 0.138 e. The van der Waals surface area contributed by atoms with Crippen molar-refractivity contribution in [2.75, 3.05) is 18.0 Å². The molecule has 0 aliphatic carbocycles. The summed E-state index contributed by atoms with van der Waals surface area (Å²) in [4.78, 5) is 15.0. The Bertz CT molecular complexity index is 1070. The minimum atomic E-state index is 0.878. The number of nitrogens with zero attached hydrogens (tertiary/aromatic N) is 3. The second-order valence-corrected chi connectivity index (χ2v) is 6.67. The number of anilines is 1. The minimum absolute atomic E-state index is 0.878. The molecule has 1 heterocycles. The van der Waals surface area contributed by atoms with Crippen molar-refractivity contribution in [2.24, 2.45) is 4.99 Å². The van der Waals surface area contributed by atoms with E-state index in [-0.39, 0.29) is 0 Å². The molecule has 1 N–H and O–H groups in total. The molecule has 4 aromatic rings. The highest BCUT2D eigenvalue weighted by Gasteiger charge is 2.05. The molecule has 3 aromatic carbocycles. The third-order valence-corrected chi connectivity index (χ3v) is 4.90. The van der Waals surface area contributed by atoms with E-state index in [1.54, 1.807) is 0 Å². The normalized spacial score (nSPS) is 11.4. The van der Waals surface area contributed by atoms with Gasteiger partial charge in [-0.2, -0.15) is 0 Å². The molecule has 28 heavy (non-hydrogen) atoms. The van der Waals surface area contributed by atoms with Crippen LogP contribution < -0.4 is 4.90 Å². The van der Waals surface area contributed by atoms with E-state index in [0.717, 1.165) is 46.8 Å². The van der Waals surface area contributed by atoms with Gasteiger partial charge in [-0.25, -0.2) is 4.98 Å². The average molecular weight is 368 g/mol. The number of benzene rings is 3. The van der Waals surface area contributed by atoms with Gasteiger partial charge in [-0.1, -0.05) is 42.5 Å². The van der Waals surface area contributed by atoms with Gasteiger partial charge in [-0.05, 0) is 49.7 Å². The highest BCUT2D eigenvalue weighted by molar-refractivity contribution is 5.86. The van der Waals surface area contributed by atoms with Crippen LogP contribution in [0.1, 0.15) is 19.4 Å². The van der Waals surface area contributed by atoms with Crippen LogP contribution in [0.15, 0.2) is 77.8 Å². The van der Waals surface area contributed by atoms with E-state index in [9.17, 15) is 0 Å². The Hall–Kier alpha value is -3.40. The Labute approximate surface area is 165 Å². The maximum absolute atomic E-state index is 4.67. The van der Waals surface area contributed by atoms with E-state index in [1.807, 2.05) is 42.6 Å². The number of aromatic amines is 1. The molecule has 0 unspecified atom stereocenters. The molecule has 0 bridgehead atoms. The van der Waals surface area contributed by atoms with Gasteiger partial charge >= 0.3 is 0 Å². The Morgan fingerprint density at radius 1 is 0.929 bits per heavy atom. The molecule has 0 aliphatic heterocycles. The third-order valence-electron chi connectivity index (χ3n) is 4.90. The summed E-state index contributed by atoms with van der Waals surface area (Å²) in [5.41, 5.74) is 6.26. The molecule has 1 aromatic heterocycles. The molecule has 0 spiro atoms. The first-order valence-corrected chi connectivity index (χ1v) is 9.71. The highest BCUT2D eigenvalue weighted by Crippen LogP contribution is 2.24. The van der Waals surface area contributed by atoms with Crippen LogP contribution in [0.5, 0.6) is 0 Å². The van der Waals surface area contributed by atoms with Crippen molar-refractivity contribution in [2.45, 2.75) is 13.8 Å². The number of H-pyrrole nitrogens is 1. The summed E-state index contributed by atoms with van der Waals surface area (Å²) >= 11 is 0. The van der Waals surface area contributed by atoms with Crippen molar-refractivity contribution in [1.82, 2.24) is 9.97 Å². The van der Waals surface area contributed by atoms with Crippen LogP contribution in [0.25, 0.3) is 22.4 Å². The summed E-state index contributed by atoms with van der Waals surface area (Å²) in [6.45, 7) is 6.37. The Kier molecular flexibility index (Phi) is 5.20. The molecule has 140 valence electrons. The Balaban J connectivity index is 1.54. The molecule has 4 rings (SSSR count). The molecule has 4 heteroatoms. The number of aliphatic imine (C=N–C) groups is 1. The highest BCUT2D eigenvalue weighted by atomic mass is 15.1. The van der Waals surface area contributed by atoms with Gasteiger partial charge in [-0.15, -0.1) is 0 Å². The van der Waals surface area contributed by atoms with Crippen molar-refractivity contribution < 1.29 is 0 Å². The first-order chi connectivity index (χ1) is 13.8. The number of rotatable bonds is 6. The van der Waals surface area contributed by atoms with E-state index in [1.165, 1.54) is 5.69 Å². The van der Waals surface area contributed by atoms with Crippen molar-refractivity contribution in [3.8, 4) is 11.4 Å². The predicted octanol–water partition coefficient (Wildman–Crippen LogP) is 5.83. The van der Waals surface area contributed by atoms with Gasteiger partial charge in [0.1, 0.15) is 5.82 Å². The zero-order valence-corrected chi connectivity index (χ0v) is 16.3. The maximum atomic E-state index is 4.67. The summed E-state index contributed by atoms with van der Waals surface area (Å²) in [6.07, 6.45) is 1.90. The molecular weight excluding hydrogens is 344 g/mol. The lowest BCUT2D eigenvalue weighted by Crippen LogP contribution is -2.21. The molecule has 0 radical (unpaired) electrons. The standard InChI is InChI=1S/C24H24N4/c1-3-28(4-2)21-13-10-18(11-14-21)17-25-20-12-15-22-23(16-20)27-24(26-22)19-8-6-5-7-9-19/h5-17H,3-4H2,1-2H3,(H,26,27). The SMILES string of the molecule is CCN(CC)c1ccc(C=Nc2ccc3nc(-c4ccccc4)[nH]c3c2)cc1. The third kappa shape index (κ3) is 3.81. The van der Waals surface area contributed by atoms with E-state index in [0.29, 0.717) is 0 Å². The van der Waals surface area contributed by atoms with E-state index in [4.69, 9.17) is 0 Å². The summed E-state index contributed by atoms with van der Waals surface area (Å²) in [7, 11) is 0. The molecule has 0 amide bonds. The second-order valence-electron chi connectivity index (χ2n) is 6.67. The number of fused-ring (bicyclic) bond motifs is 1. The predicted molar refractivity (Wildman–Crippen MR) is 119 cm³/mol. The minimum Gasteiger partial charge on any atom is -0.372 e. The number of hydrogen-bond donors (Lipinski definition) is 1. The zero-order chi connectivity index (χ0) is 19.3. The largest absolute Gasteiger partial charge is 0.372 e. The molecule has 0 saturated heterocycles. The lowest BCUT2D eigenvalue weighted by Gasteiger charge is -2.20. The number of imidazole rings is 1. The summed E-state index contributed by atoms with van der Waals surface area (Å²) < 4.78 is 0. The molecule has 0 fully saturated rings. The number of aromatic nitrogens is 2. The fourth-order valence-electron chi connectivity index (χ4n) is 3.32. The van der Waals surface area contributed by atoms with Gasteiger partial charge in [0, 0.05) is 30.6 Å². The van der Waals surface area contributed by atoms with Gasteiger partial charge in [0.15, 0.2) is 0 Å². The smallest absolute Gasteiger partial charge is 0.138 e. The summed E-state index contributed by atoms with van der Waals surface area (Å²) in [5, 5.41) is 0. The van der Waals surface area contributed by atoms with Crippen LogP contribution in [0, 0.1) is 0 Å². The molecule has 0 saturated carbocycles. The van der Waals surface area contributed by atoms with Crippen LogP contribution in [0.3, 0.4) is 0 Å². The number of hydrogen-bond acceptors (Lipinski definition) is 3. The van der Waals surface area contributed by atoms with Gasteiger partial charge in [0.2, 0.25) is 0 Å². The van der Waals surface area contributed by atoms with Crippen molar-refractivity contribution in [3.63, 3.8) is 0 Å². The van der Waals surface area contributed by atoms with Gasteiger partial charge < -0.3 is 9.88 Å². The second kappa shape index (κ2) is 8.09. The Morgan fingerprint density at radius 2 is 1.68 bits per heavy atom. The fourth-order valence-corrected chi connectivity index (χ4v) is 3.32. The van der Waals surface area contributed by atoms with Crippen LogP contribution in [-0.2, 0) is 0 Å². The molecule has 4 nitrogen and oxygen atoms in total. The van der Waals surface area contributed by atoms with E-state index >= 15 is 0 Å². The molecule has 0 aliphatic rings. The Morgan fingerprint density at radius 3 is 2.39 bits per heavy atom. The van der Waals surface area contributed by atoms with Gasteiger partial charge in [0.05, 0.1) is 16.7 Å². The van der Waals surface area contributed by atoms with Crippen molar-refractivity contribution >= 4 is 28.6 Å². The first-order valence-electron chi connectivity index (χ1n) is 9.71.